The minimum Gasteiger partial charge on any atom is -0.506 e. The predicted octanol–water partition coefficient (Wildman–Crippen LogP) is 3.53. The molecule has 0 spiro atoms. The second kappa shape index (κ2) is 7.32. The largest absolute Gasteiger partial charge is 0.506 e. The molecule has 126 valence electrons. The van der Waals surface area contributed by atoms with Gasteiger partial charge in [-0.1, -0.05) is 12.1 Å². The normalized spacial score (nSPS) is 10.6. The van der Waals surface area contributed by atoms with E-state index < -0.39 is 5.97 Å². The van der Waals surface area contributed by atoms with Crippen LogP contribution in [-0.4, -0.2) is 37.5 Å². The molecular formula is C16H16N2O6. The molecule has 2 aromatic rings. The van der Waals surface area contributed by atoms with E-state index in [-0.39, 0.29) is 39.9 Å². The van der Waals surface area contributed by atoms with Crippen LogP contribution in [0.2, 0.25) is 0 Å². The number of hydrogen-bond donors (Lipinski definition) is 2. The lowest BCUT2D eigenvalue weighted by atomic mass is 10.1. The summed E-state index contributed by atoms with van der Waals surface area (Å²) in [5.74, 6) is -0.879. The molecule has 0 bridgehead atoms. The number of methoxy groups -OCH3 is 3. The number of carboxylic acids is 1. The highest BCUT2D eigenvalue weighted by atomic mass is 16.5. The average Bonchev–Trinajstić information content (AvgIpc) is 2.59. The number of phenolic OH excluding ortho intramolecular Hbond substituents is 1. The molecule has 2 aromatic carbocycles. The van der Waals surface area contributed by atoms with Crippen molar-refractivity contribution in [3.8, 4) is 23.0 Å². The number of carboxylic acid groups (broad SMARTS) is 1. The molecule has 2 N–H and O–H groups in total. The highest BCUT2D eigenvalue weighted by molar-refractivity contribution is 5.97. The molecule has 0 aliphatic rings. The molecule has 0 aliphatic heterocycles. The van der Waals surface area contributed by atoms with E-state index in [4.69, 9.17) is 14.2 Å². The van der Waals surface area contributed by atoms with Crippen LogP contribution < -0.4 is 14.2 Å². The van der Waals surface area contributed by atoms with Crippen molar-refractivity contribution >= 4 is 17.3 Å². The third kappa shape index (κ3) is 3.22. The lowest BCUT2D eigenvalue weighted by molar-refractivity contribution is 0.0697. The van der Waals surface area contributed by atoms with E-state index in [1.54, 1.807) is 12.1 Å². The van der Waals surface area contributed by atoms with Crippen molar-refractivity contribution in [1.29, 1.82) is 0 Å². The quantitative estimate of drug-likeness (QED) is 0.783. The zero-order valence-corrected chi connectivity index (χ0v) is 13.3. The van der Waals surface area contributed by atoms with Crippen molar-refractivity contribution in [1.82, 2.24) is 0 Å². The topological polar surface area (TPSA) is 110 Å². The Balaban J connectivity index is 2.66. The molecule has 0 saturated heterocycles. The highest BCUT2D eigenvalue weighted by Gasteiger charge is 2.24. The van der Waals surface area contributed by atoms with E-state index in [0.717, 1.165) is 0 Å². The van der Waals surface area contributed by atoms with E-state index in [2.05, 4.69) is 10.2 Å². The van der Waals surface area contributed by atoms with Gasteiger partial charge in [0.05, 0.1) is 26.9 Å². The van der Waals surface area contributed by atoms with E-state index in [9.17, 15) is 15.0 Å². The second-order valence-electron chi connectivity index (χ2n) is 4.54. The fraction of sp³-hybridized carbons (Fsp3) is 0.188. The summed E-state index contributed by atoms with van der Waals surface area (Å²) in [6, 6.07) is 7.54. The van der Waals surface area contributed by atoms with Crippen molar-refractivity contribution in [2.24, 2.45) is 10.2 Å². The smallest absolute Gasteiger partial charge is 0.338 e. The number of carbonyl (C=O) groups is 1. The van der Waals surface area contributed by atoms with Crippen LogP contribution in [0.1, 0.15) is 10.4 Å². The molecule has 24 heavy (non-hydrogen) atoms. The molecule has 0 unspecified atom stereocenters. The maximum absolute atomic E-state index is 11.5. The van der Waals surface area contributed by atoms with Crippen molar-refractivity contribution in [3.63, 3.8) is 0 Å². The van der Waals surface area contributed by atoms with Crippen molar-refractivity contribution in [2.45, 2.75) is 0 Å². The monoisotopic (exact) mass is 332 g/mol. The zero-order chi connectivity index (χ0) is 17.7. The summed E-state index contributed by atoms with van der Waals surface area (Å²) in [5.41, 5.74) is -0.0414. The van der Waals surface area contributed by atoms with Gasteiger partial charge in [-0.3, -0.25) is 0 Å². The Labute approximate surface area is 137 Å². The number of nitrogens with zero attached hydrogens (tertiary/aromatic N) is 2. The Morgan fingerprint density at radius 2 is 1.67 bits per heavy atom. The van der Waals surface area contributed by atoms with Crippen LogP contribution in [0.5, 0.6) is 23.0 Å². The summed E-state index contributed by atoms with van der Waals surface area (Å²) in [6.45, 7) is 0. The van der Waals surface area contributed by atoms with E-state index >= 15 is 0 Å². The fourth-order valence-electron chi connectivity index (χ4n) is 2.06. The van der Waals surface area contributed by atoms with Gasteiger partial charge in [-0.2, -0.15) is 0 Å². The van der Waals surface area contributed by atoms with Crippen molar-refractivity contribution in [3.05, 3.63) is 35.9 Å². The molecule has 2 rings (SSSR count). The number of aromatic carboxylic acids is 1. The SMILES string of the molecule is COc1cc(C(=O)O)c(/N=N/c2ccccc2O)c(OC)c1OC. The number of hydrogen-bond acceptors (Lipinski definition) is 7. The lowest BCUT2D eigenvalue weighted by Crippen LogP contribution is -2.02. The summed E-state index contributed by atoms with van der Waals surface area (Å²) in [4.78, 5) is 11.5. The summed E-state index contributed by atoms with van der Waals surface area (Å²) in [7, 11) is 4.12. The Morgan fingerprint density at radius 1 is 1.00 bits per heavy atom. The Morgan fingerprint density at radius 3 is 2.21 bits per heavy atom. The molecule has 0 saturated carbocycles. The Kier molecular flexibility index (Phi) is 5.20. The van der Waals surface area contributed by atoms with Crippen LogP contribution in [0.4, 0.5) is 11.4 Å². The molecule has 0 aromatic heterocycles. The van der Waals surface area contributed by atoms with Gasteiger partial charge in [-0.05, 0) is 12.1 Å². The van der Waals surface area contributed by atoms with E-state index in [1.165, 1.54) is 39.5 Å². The number of aromatic hydroxyl groups is 1. The van der Waals surface area contributed by atoms with Crippen LogP contribution in [0.15, 0.2) is 40.6 Å². The van der Waals surface area contributed by atoms with Gasteiger partial charge in [0.25, 0.3) is 0 Å². The Hall–Kier alpha value is -3.29. The molecule has 0 atom stereocenters. The number of phenols is 1. The maximum Gasteiger partial charge on any atom is 0.338 e. The van der Waals surface area contributed by atoms with Gasteiger partial charge in [0.1, 0.15) is 17.1 Å². The standard InChI is InChI=1S/C16H16N2O6/c1-22-12-8-9(16(20)21)13(15(24-3)14(12)23-2)18-17-10-6-4-5-7-11(10)19/h4-8,19H,1-3H3,(H,20,21)/b18-17+. The molecule has 0 heterocycles. The zero-order valence-electron chi connectivity index (χ0n) is 13.3. The van der Waals surface area contributed by atoms with Gasteiger partial charge in [-0.25, -0.2) is 4.79 Å². The Bertz CT molecular complexity index is 788. The van der Waals surface area contributed by atoms with Gasteiger partial charge in [0.2, 0.25) is 5.75 Å². The van der Waals surface area contributed by atoms with Crippen LogP contribution in [0, 0.1) is 0 Å². The van der Waals surface area contributed by atoms with E-state index in [1.807, 2.05) is 0 Å². The third-order valence-electron chi connectivity index (χ3n) is 3.17. The minimum absolute atomic E-state index is 0.0501. The van der Waals surface area contributed by atoms with Crippen molar-refractivity contribution < 1.29 is 29.2 Å². The first kappa shape index (κ1) is 17.1. The maximum atomic E-state index is 11.5. The van der Waals surface area contributed by atoms with E-state index in [0.29, 0.717) is 0 Å². The van der Waals surface area contributed by atoms with Gasteiger partial charge in [0.15, 0.2) is 11.5 Å². The molecule has 8 nitrogen and oxygen atoms in total. The average molecular weight is 332 g/mol. The number of rotatable bonds is 6. The molecular weight excluding hydrogens is 316 g/mol. The first-order chi connectivity index (χ1) is 11.5. The summed E-state index contributed by atoms with van der Waals surface area (Å²) in [5, 5.41) is 27.0. The molecule has 0 fully saturated rings. The first-order valence-corrected chi connectivity index (χ1v) is 6.79. The molecule has 0 radical (unpaired) electrons. The first-order valence-electron chi connectivity index (χ1n) is 6.79. The number of azo groups is 1. The predicted molar refractivity (Wildman–Crippen MR) is 85.3 cm³/mol. The van der Waals surface area contributed by atoms with Crippen LogP contribution in [0.25, 0.3) is 0 Å². The van der Waals surface area contributed by atoms with Gasteiger partial charge in [-0.15, -0.1) is 10.2 Å². The molecule has 0 aliphatic carbocycles. The summed E-state index contributed by atoms with van der Waals surface area (Å²) < 4.78 is 15.6. The van der Waals surface area contributed by atoms with Crippen LogP contribution in [-0.2, 0) is 0 Å². The van der Waals surface area contributed by atoms with Crippen LogP contribution >= 0.6 is 0 Å². The van der Waals surface area contributed by atoms with Crippen molar-refractivity contribution in [2.75, 3.05) is 21.3 Å². The summed E-state index contributed by atoms with van der Waals surface area (Å²) in [6.07, 6.45) is 0. The molecule has 0 amide bonds. The third-order valence-corrected chi connectivity index (χ3v) is 3.17. The van der Waals surface area contributed by atoms with Gasteiger partial charge >= 0.3 is 5.97 Å². The number of para-hydroxylation sites is 1. The fourth-order valence-corrected chi connectivity index (χ4v) is 2.06. The lowest BCUT2D eigenvalue weighted by Gasteiger charge is -2.15. The van der Waals surface area contributed by atoms with Crippen LogP contribution in [0.3, 0.4) is 0 Å². The van der Waals surface area contributed by atoms with Gasteiger partial charge in [0, 0.05) is 6.07 Å². The molecule has 8 heteroatoms. The second-order valence-corrected chi connectivity index (χ2v) is 4.54. The van der Waals surface area contributed by atoms with Gasteiger partial charge < -0.3 is 24.4 Å². The number of ether oxygens (including phenoxy) is 3. The summed E-state index contributed by atoms with van der Waals surface area (Å²) >= 11 is 0. The minimum atomic E-state index is -1.24. The highest BCUT2D eigenvalue weighted by Crippen LogP contribution is 2.47. The number of benzene rings is 2.